The van der Waals surface area contributed by atoms with Gasteiger partial charge < -0.3 is 14.5 Å². The zero-order chi connectivity index (χ0) is 21.0. The monoisotopic (exact) mass is 434 g/mol. The fourth-order valence-corrected chi connectivity index (χ4v) is 3.72. The lowest BCUT2D eigenvalue weighted by Gasteiger charge is -2.12. The molecule has 2 N–H and O–H groups in total. The van der Waals surface area contributed by atoms with Gasteiger partial charge in [0.15, 0.2) is 0 Å². The molecule has 0 aliphatic heterocycles. The quantitative estimate of drug-likeness (QED) is 0.586. The van der Waals surface area contributed by atoms with E-state index >= 15 is 0 Å². The number of halogens is 1. The highest BCUT2D eigenvalue weighted by Gasteiger charge is 2.16. The molecule has 3 aromatic rings. The Morgan fingerprint density at radius 1 is 1.17 bits per heavy atom. The van der Waals surface area contributed by atoms with Crippen molar-refractivity contribution in [1.82, 2.24) is 4.72 Å². The number of aryl methyl sites for hydroxylation is 1. The van der Waals surface area contributed by atoms with Gasteiger partial charge in [0.05, 0.1) is 30.5 Å². The van der Waals surface area contributed by atoms with Gasteiger partial charge in [0.25, 0.3) is 5.91 Å². The standard InChI is InChI=1S/C20H19ClN2O5S/c1-13-10-18(19(27-2)11-17(13)21)23-20(24)14-5-7-16(8-6-14)29(25,26)22-12-15-4-3-9-28-15/h3-11,22H,12H2,1-2H3,(H,23,24). The van der Waals surface area contributed by atoms with Crippen molar-refractivity contribution in [3.05, 3.63) is 76.7 Å². The highest BCUT2D eigenvalue weighted by atomic mass is 35.5. The topological polar surface area (TPSA) is 97.6 Å². The Balaban J connectivity index is 1.73. The molecule has 3 rings (SSSR count). The van der Waals surface area contributed by atoms with Crippen LogP contribution in [-0.2, 0) is 16.6 Å². The van der Waals surface area contributed by atoms with Crippen LogP contribution in [0.4, 0.5) is 5.69 Å². The molecule has 9 heteroatoms. The Hall–Kier alpha value is -2.81. The Morgan fingerprint density at radius 3 is 2.52 bits per heavy atom. The van der Waals surface area contributed by atoms with Crippen molar-refractivity contribution in [2.75, 3.05) is 12.4 Å². The summed E-state index contributed by atoms with van der Waals surface area (Å²) >= 11 is 6.08. The molecule has 0 saturated carbocycles. The van der Waals surface area contributed by atoms with Gasteiger partial charge in [-0.25, -0.2) is 13.1 Å². The minimum Gasteiger partial charge on any atom is -0.495 e. The van der Waals surface area contributed by atoms with Crippen LogP contribution in [-0.4, -0.2) is 21.4 Å². The molecule has 0 aliphatic rings. The predicted molar refractivity (Wildman–Crippen MR) is 110 cm³/mol. The number of benzene rings is 2. The Bertz CT molecular complexity index is 1110. The Labute approximate surface area is 173 Å². The van der Waals surface area contributed by atoms with Crippen molar-refractivity contribution in [3.63, 3.8) is 0 Å². The first-order chi connectivity index (χ1) is 13.8. The van der Waals surface area contributed by atoms with Crippen LogP contribution in [0.15, 0.2) is 64.1 Å². The lowest BCUT2D eigenvalue weighted by molar-refractivity contribution is 0.102. The van der Waals surface area contributed by atoms with Crippen molar-refractivity contribution >= 4 is 33.2 Å². The molecule has 1 amide bonds. The van der Waals surface area contributed by atoms with E-state index in [1.165, 1.54) is 37.6 Å². The van der Waals surface area contributed by atoms with Crippen LogP contribution in [0, 0.1) is 6.92 Å². The van der Waals surface area contributed by atoms with Gasteiger partial charge in [-0.05, 0) is 55.0 Å². The number of nitrogens with one attached hydrogen (secondary N) is 2. The maximum Gasteiger partial charge on any atom is 0.255 e. The van der Waals surface area contributed by atoms with Crippen LogP contribution in [0.25, 0.3) is 0 Å². The Kier molecular flexibility index (Phi) is 6.26. The van der Waals surface area contributed by atoms with E-state index in [-0.39, 0.29) is 11.4 Å². The average molecular weight is 435 g/mol. The summed E-state index contributed by atoms with van der Waals surface area (Å²) in [7, 11) is -2.26. The highest BCUT2D eigenvalue weighted by molar-refractivity contribution is 7.89. The number of anilines is 1. The van der Waals surface area contributed by atoms with E-state index in [0.29, 0.717) is 27.8 Å². The summed E-state index contributed by atoms with van der Waals surface area (Å²) in [6.45, 7) is 1.85. The van der Waals surface area contributed by atoms with E-state index in [1.54, 1.807) is 24.3 Å². The second kappa shape index (κ2) is 8.69. The third-order valence-electron chi connectivity index (χ3n) is 4.17. The van der Waals surface area contributed by atoms with E-state index in [0.717, 1.165) is 5.56 Å². The summed E-state index contributed by atoms with van der Waals surface area (Å²) in [6, 6.07) is 12.3. The smallest absolute Gasteiger partial charge is 0.255 e. The van der Waals surface area contributed by atoms with Gasteiger partial charge in [0.2, 0.25) is 10.0 Å². The molecule has 0 atom stereocenters. The van der Waals surface area contributed by atoms with E-state index in [1.807, 2.05) is 6.92 Å². The van der Waals surface area contributed by atoms with Crippen LogP contribution < -0.4 is 14.8 Å². The van der Waals surface area contributed by atoms with Crippen molar-refractivity contribution in [2.45, 2.75) is 18.4 Å². The number of carbonyl (C=O) groups is 1. The van der Waals surface area contributed by atoms with Crippen LogP contribution in [0.3, 0.4) is 0 Å². The van der Waals surface area contributed by atoms with E-state index < -0.39 is 15.9 Å². The molecule has 1 heterocycles. The normalized spacial score (nSPS) is 11.3. The molecule has 1 aromatic heterocycles. The summed E-state index contributed by atoms with van der Waals surface area (Å²) in [5, 5.41) is 3.27. The third kappa shape index (κ3) is 4.97. The lowest BCUT2D eigenvalue weighted by Crippen LogP contribution is -2.23. The minimum atomic E-state index is -3.74. The fraction of sp³-hybridized carbons (Fsp3) is 0.150. The molecule has 29 heavy (non-hydrogen) atoms. The SMILES string of the molecule is COc1cc(Cl)c(C)cc1NC(=O)c1ccc(S(=O)(=O)NCc2ccco2)cc1. The molecule has 7 nitrogen and oxygen atoms in total. The minimum absolute atomic E-state index is 0.0350. The van der Waals surface area contributed by atoms with Crippen molar-refractivity contribution in [1.29, 1.82) is 0 Å². The first-order valence-electron chi connectivity index (χ1n) is 8.58. The number of methoxy groups -OCH3 is 1. The molecular formula is C20H19ClN2O5S. The molecule has 152 valence electrons. The van der Waals surface area contributed by atoms with Gasteiger partial charge in [0, 0.05) is 16.7 Å². The van der Waals surface area contributed by atoms with Gasteiger partial charge in [0.1, 0.15) is 11.5 Å². The van der Waals surface area contributed by atoms with Crippen LogP contribution >= 0.6 is 11.6 Å². The number of hydrogen-bond donors (Lipinski definition) is 2. The average Bonchev–Trinajstić information content (AvgIpc) is 3.23. The largest absolute Gasteiger partial charge is 0.495 e. The second-order valence-electron chi connectivity index (χ2n) is 6.18. The molecule has 0 spiro atoms. The maximum atomic E-state index is 12.5. The molecule has 0 saturated heterocycles. The number of sulfonamides is 1. The number of hydrogen-bond acceptors (Lipinski definition) is 5. The molecule has 2 aromatic carbocycles. The lowest BCUT2D eigenvalue weighted by atomic mass is 10.1. The van der Waals surface area contributed by atoms with Gasteiger partial charge in [-0.1, -0.05) is 11.6 Å². The van der Waals surface area contributed by atoms with E-state index in [4.69, 9.17) is 20.8 Å². The van der Waals surface area contributed by atoms with Crippen molar-refractivity contribution in [2.24, 2.45) is 0 Å². The zero-order valence-corrected chi connectivity index (χ0v) is 17.3. The van der Waals surface area contributed by atoms with Crippen LogP contribution in [0.1, 0.15) is 21.7 Å². The van der Waals surface area contributed by atoms with E-state index in [2.05, 4.69) is 10.0 Å². The van der Waals surface area contributed by atoms with Crippen LogP contribution in [0.2, 0.25) is 5.02 Å². The van der Waals surface area contributed by atoms with Crippen molar-refractivity contribution < 1.29 is 22.4 Å². The fourth-order valence-electron chi connectivity index (χ4n) is 2.57. The molecule has 0 bridgehead atoms. The van der Waals surface area contributed by atoms with Gasteiger partial charge in [-0.3, -0.25) is 4.79 Å². The van der Waals surface area contributed by atoms with Gasteiger partial charge >= 0.3 is 0 Å². The summed E-state index contributed by atoms with van der Waals surface area (Å²) < 4.78 is 37.5. The van der Waals surface area contributed by atoms with Gasteiger partial charge in [-0.2, -0.15) is 0 Å². The molecule has 0 fully saturated rings. The molecule has 0 radical (unpaired) electrons. The summed E-state index contributed by atoms with van der Waals surface area (Å²) in [4.78, 5) is 12.6. The van der Waals surface area contributed by atoms with Crippen molar-refractivity contribution in [3.8, 4) is 5.75 Å². The molecular weight excluding hydrogens is 416 g/mol. The molecule has 0 unspecified atom stereocenters. The third-order valence-corrected chi connectivity index (χ3v) is 6.00. The summed E-state index contributed by atoms with van der Waals surface area (Å²) in [5.74, 6) is 0.518. The summed E-state index contributed by atoms with van der Waals surface area (Å²) in [6.07, 6.45) is 1.47. The predicted octanol–water partition coefficient (Wildman–Crippen LogP) is 3.98. The number of rotatable bonds is 7. The van der Waals surface area contributed by atoms with Gasteiger partial charge in [-0.15, -0.1) is 0 Å². The maximum absolute atomic E-state index is 12.5. The highest BCUT2D eigenvalue weighted by Crippen LogP contribution is 2.31. The van der Waals surface area contributed by atoms with E-state index in [9.17, 15) is 13.2 Å². The van der Waals surface area contributed by atoms with Crippen LogP contribution in [0.5, 0.6) is 5.75 Å². The first-order valence-corrected chi connectivity index (χ1v) is 10.4. The number of ether oxygens (including phenoxy) is 1. The number of amides is 1. The second-order valence-corrected chi connectivity index (χ2v) is 8.36. The first kappa shape index (κ1) is 20.9. The number of carbonyl (C=O) groups excluding carboxylic acids is 1. The zero-order valence-electron chi connectivity index (χ0n) is 15.7. The molecule has 0 aliphatic carbocycles. The Morgan fingerprint density at radius 2 is 1.90 bits per heavy atom. The number of furan rings is 1. The summed E-state index contributed by atoms with van der Waals surface area (Å²) in [5.41, 5.74) is 1.55.